The number of rotatable bonds is 3. The van der Waals surface area contributed by atoms with Crippen LogP contribution in [-0.4, -0.2) is 15.5 Å². The second-order valence-electron chi connectivity index (χ2n) is 6.01. The van der Waals surface area contributed by atoms with Crippen LogP contribution in [0, 0.1) is 13.8 Å². The molecule has 7 heteroatoms. The molecule has 3 rings (SSSR count). The maximum absolute atomic E-state index is 13.2. The highest BCUT2D eigenvalue weighted by Gasteiger charge is 2.31. The summed E-state index contributed by atoms with van der Waals surface area (Å²) < 4.78 is 41.2. The number of nitrogens with one attached hydrogen (secondary N) is 1. The number of alkyl halides is 3. The summed E-state index contributed by atoms with van der Waals surface area (Å²) in [5.41, 5.74) is 1.51. The number of carbonyl (C=O) groups is 1. The molecule has 0 atom stereocenters. The molecule has 1 amide bonds. The summed E-state index contributed by atoms with van der Waals surface area (Å²) in [4.78, 5) is 16.4. The normalized spacial score (nSPS) is 11.4. The predicted molar refractivity (Wildman–Crippen MR) is 92.4 cm³/mol. The van der Waals surface area contributed by atoms with Crippen LogP contribution in [-0.2, 0) is 6.18 Å². The fourth-order valence-electron chi connectivity index (χ4n) is 2.47. The van der Waals surface area contributed by atoms with Crippen molar-refractivity contribution >= 4 is 11.6 Å². The maximum Gasteiger partial charge on any atom is 0.416 e. The highest BCUT2D eigenvalue weighted by molar-refractivity contribution is 6.04. The summed E-state index contributed by atoms with van der Waals surface area (Å²) in [5.74, 6) is -0.475. The van der Waals surface area contributed by atoms with E-state index >= 15 is 0 Å². The molecule has 0 unspecified atom stereocenters. The average Bonchev–Trinajstić information content (AvgIpc) is 3.01. The second-order valence-corrected chi connectivity index (χ2v) is 6.01. The summed E-state index contributed by atoms with van der Waals surface area (Å²) in [6.07, 6.45) is -1.49. The summed E-state index contributed by atoms with van der Waals surface area (Å²) in [6, 6.07) is 10.2. The number of benzene rings is 2. The molecule has 134 valence electrons. The molecule has 1 N–H and O–H groups in total. The molecule has 0 aliphatic heterocycles. The van der Waals surface area contributed by atoms with Crippen molar-refractivity contribution in [1.82, 2.24) is 9.55 Å². The zero-order valence-electron chi connectivity index (χ0n) is 14.1. The van der Waals surface area contributed by atoms with Crippen LogP contribution in [0.3, 0.4) is 0 Å². The number of amides is 1. The van der Waals surface area contributed by atoms with Crippen molar-refractivity contribution in [2.75, 3.05) is 5.32 Å². The number of carbonyl (C=O) groups excluding carboxylic acids is 1. The number of imidazole rings is 1. The lowest BCUT2D eigenvalue weighted by molar-refractivity contribution is -0.137. The molecule has 1 aromatic heterocycles. The van der Waals surface area contributed by atoms with Gasteiger partial charge in [-0.15, -0.1) is 0 Å². The molecule has 1 heterocycles. The van der Waals surface area contributed by atoms with Gasteiger partial charge in [-0.25, -0.2) is 4.98 Å². The first-order valence-corrected chi connectivity index (χ1v) is 7.83. The van der Waals surface area contributed by atoms with Crippen molar-refractivity contribution in [3.63, 3.8) is 0 Å². The molecule has 0 aliphatic carbocycles. The van der Waals surface area contributed by atoms with Crippen LogP contribution in [0.1, 0.15) is 27.2 Å². The molecule has 4 nitrogen and oxygen atoms in total. The highest BCUT2D eigenvalue weighted by Crippen LogP contribution is 2.33. The summed E-state index contributed by atoms with van der Waals surface area (Å²) in [7, 11) is 0. The molecular weight excluding hydrogens is 343 g/mol. The number of halogens is 3. The van der Waals surface area contributed by atoms with Gasteiger partial charge in [0.1, 0.15) is 0 Å². The zero-order chi connectivity index (χ0) is 18.9. The number of hydrogen-bond acceptors (Lipinski definition) is 2. The van der Waals surface area contributed by atoms with Crippen LogP contribution >= 0.6 is 0 Å². The lowest BCUT2D eigenvalue weighted by Gasteiger charge is -2.13. The van der Waals surface area contributed by atoms with E-state index < -0.39 is 17.6 Å². The number of hydrogen-bond donors (Lipinski definition) is 1. The molecule has 0 aliphatic rings. The molecule has 0 saturated heterocycles. The topological polar surface area (TPSA) is 46.9 Å². The first-order valence-electron chi connectivity index (χ1n) is 7.83. The van der Waals surface area contributed by atoms with E-state index in [0.29, 0.717) is 11.3 Å². The van der Waals surface area contributed by atoms with E-state index in [4.69, 9.17) is 0 Å². The van der Waals surface area contributed by atoms with Gasteiger partial charge < -0.3 is 9.88 Å². The van der Waals surface area contributed by atoms with Gasteiger partial charge in [0, 0.05) is 23.1 Å². The minimum Gasteiger partial charge on any atom is -0.322 e. The second kappa shape index (κ2) is 6.67. The van der Waals surface area contributed by atoms with Gasteiger partial charge >= 0.3 is 6.18 Å². The van der Waals surface area contributed by atoms with Gasteiger partial charge in [0.2, 0.25) is 0 Å². The van der Waals surface area contributed by atoms with E-state index in [1.54, 1.807) is 37.4 Å². The van der Waals surface area contributed by atoms with E-state index in [0.717, 1.165) is 17.7 Å². The zero-order valence-corrected chi connectivity index (χ0v) is 14.1. The number of aryl methyl sites for hydroxylation is 2. The quantitative estimate of drug-likeness (QED) is 0.733. The smallest absolute Gasteiger partial charge is 0.322 e. The molecule has 2 aromatic carbocycles. The summed E-state index contributed by atoms with van der Waals surface area (Å²) in [5, 5.41) is 2.53. The molecule has 0 radical (unpaired) electrons. The summed E-state index contributed by atoms with van der Waals surface area (Å²) in [6.45, 7) is 3.62. The summed E-state index contributed by atoms with van der Waals surface area (Å²) >= 11 is 0. The van der Waals surface area contributed by atoms with Crippen LogP contribution in [0.25, 0.3) is 5.69 Å². The van der Waals surface area contributed by atoms with Crippen molar-refractivity contribution in [1.29, 1.82) is 0 Å². The Morgan fingerprint density at radius 1 is 1.08 bits per heavy atom. The third kappa shape index (κ3) is 3.93. The van der Waals surface area contributed by atoms with Crippen LogP contribution in [0.5, 0.6) is 0 Å². The van der Waals surface area contributed by atoms with E-state index in [1.807, 2.05) is 6.92 Å². The van der Waals surface area contributed by atoms with Gasteiger partial charge in [-0.05, 0) is 44.2 Å². The Hall–Kier alpha value is -3.09. The van der Waals surface area contributed by atoms with Gasteiger partial charge in [0.15, 0.2) is 0 Å². The third-order valence-electron chi connectivity index (χ3n) is 3.83. The lowest BCUT2D eigenvalue weighted by atomic mass is 10.1. The SMILES string of the molecule is Cc1ccc(C(=O)Nc2cc(-n3cnc(C)c3)cc(C(F)(F)F)c2)cc1. The van der Waals surface area contributed by atoms with Crippen LogP contribution < -0.4 is 5.32 Å². The van der Waals surface area contributed by atoms with Crippen LogP contribution in [0.15, 0.2) is 55.0 Å². The van der Waals surface area contributed by atoms with Gasteiger partial charge in [0.05, 0.1) is 17.6 Å². The van der Waals surface area contributed by atoms with E-state index in [2.05, 4.69) is 10.3 Å². The molecule has 0 bridgehead atoms. The number of aromatic nitrogens is 2. The highest BCUT2D eigenvalue weighted by atomic mass is 19.4. The van der Waals surface area contributed by atoms with Gasteiger partial charge in [-0.1, -0.05) is 17.7 Å². The number of anilines is 1. The molecule has 0 saturated carbocycles. The van der Waals surface area contributed by atoms with Crippen LogP contribution in [0.4, 0.5) is 18.9 Å². The third-order valence-corrected chi connectivity index (χ3v) is 3.83. The average molecular weight is 359 g/mol. The van der Waals surface area contributed by atoms with Crippen molar-refractivity contribution in [3.05, 3.63) is 77.4 Å². The first-order chi connectivity index (χ1) is 12.2. The Morgan fingerprint density at radius 3 is 2.35 bits per heavy atom. The van der Waals surface area contributed by atoms with Crippen molar-refractivity contribution < 1.29 is 18.0 Å². The Bertz CT molecular complexity index is 943. The first kappa shape index (κ1) is 17.7. The monoisotopic (exact) mass is 359 g/mol. The Morgan fingerprint density at radius 2 is 1.77 bits per heavy atom. The molecule has 0 fully saturated rings. The predicted octanol–water partition coefficient (Wildman–Crippen LogP) is 4.76. The minimum atomic E-state index is -4.53. The lowest BCUT2D eigenvalue weighted by Crippen LogP contribution is -2.14. The Kier molecular flexibility index (Phi) is 4.54. The fraction of sp³-hybridized carbons (Fsp3) is 0.158. The standard InChI is InChI=1S/C19H16F3N3O/c1-12-3-5-14(6-4-12)18(26)24-16-7-15(19(20,21)22)8-17(9-16)25-10-13(2)23-11-25/h3-11H,1-2H3,(H,24,26). The van der Waals surface area contributed by atoms with Crippen molar-refractivity contribution in [3.8, 4) is 5.69 Å². The molecule has 0 spiro atoms. The van der Waals surface area contributed by atoms with Gasteiger partial charge in [-0.3, -0.25) is 4.79 Å². The van der Waals surface area contributed by atoms with E-state index in [1.165, 1.54) is 17.0 Å². The van der Waals surface area contributed by atoms with Gasteiger partial charge in [-0.2, -0.15) is 13.2 Å². The fourth-order valence-corrected chi connectivity index (χ4v) is 2.47. The van der Waals surface area contributed by atoms with Crippen molar-refractivity contribution in [2.45, 2.75) is 20.0 Å². The van der Waals surface area contributed by atoms with Gasteiger partial charge in [0.25, 0.3) is 5.91 Å². The molecule has 26 heavy (non-hydrogen) atoms. The minimum absolute atomic E-state index is 0.0618. The van der Waals surface area contributed by atoms with E-state index in [-0.39, 0.29) is 11.4 Å². The Labute approximate surface area is 148 Å². The van der Waals surface area contributed by atoms with Crippen molar-refractivity contribution in [2.24, 2.45) is 0 Å². The molecule has 3 aromatic rings. The largest absolute Gasteiger partial charge is 0.416 e. The number of nitrogens with zero attached hydrogens (tertiary/aromatic N) is 2. The molecular formula is C19H16F3N3O. The Balaban J connectivity index is 1.97. The maximum atomic E-state index is 13.2. The van der Waals surface area contributed by atoms with Crippen LogP contribution in [0.2, 0.25) is 0 Å². The van der Waals surface area contributed by atoms with E-state index in [9.17, 15) is 18.0 Å².